The van der Waals surface area contributed by atoms with Crippen LogP contribution in [0.2, 0.25) is 0 Å². The third-order valence-corrected chi connectivity index (χ3v) is 6.92. The average molecular weight is 581 g/mol. The highest BCUT2D eigenvalue weighted by atomic mass is 16.6. The molecule has 9 nitrogen and oxygen atoms in total. The fourth-order valence-corrected chi connectivity index (χ4v) is 4.74. The molecule has 0 aromatic heterocycles. The highest BCUT2D eigenvalue weighted by Crippen LogP contribution is 2.28. The summed E-state index contributed by atoms with van der Waals surface area (Å²) in [6.45, 7) is 13.3. The van der Waals surface area contributed by atoms with Crippen molar-refractivity contribution < 1.29 is 23.9 Å². The molecule has 4 N–H and O–H groups in total. The number of rotatable bonds is 14. The van der Waals surface area contributed by atoms with E-state index in [1.54, 1.807) is 20.8 Å². The highest BCUT2D eigenvalue weighted by Gasteiger charge is 2.37. The number of aryl methyl sites for hydroxylation is 3. The van der Waals surface area contributed by atoms with Crippen LogP contribution in [-0.4, -0.2) is 46.9 Å². The van der Waals surface area contributed by atoms with E-state index in [9.17, 15) is 19.2 Å². The van der Waals surface area contributed by atoms with Gasteiger partial charge in [-0.25, -0.2) is 4.79 Å². The Balaban J connectivity index is 2.60. The maximum Gasteiger partial charge on any atom is 0.408 e. The fraction of sp³-hybridized carbons (Fsp3) is 0.515. The van der Waals surface area contributed by atoms with Gasteiger partial charge in [-0.15, -0.1) is 0 Å². The Morgan fingerprint density at radius 2 is 1.55 bits per heavy atom. The zero-order chi connectivity index (χ0) is 31.4. The first-order chi connectivity index (χ1) is 19.8. The van der Waals surface area contributed by atoms with E-state index in [0.717, 1.165) is 42.4 Å². The van der Waals surface area contributed by atoms with Gasteiger partial charge in [-0.3, -0.25) is 14.4 Å². The minimum Gasteiger partial charge on any atom is -0.444 e. The molecule has 0 saturated carbocycles. The molecule has 2 unspecified atom stereocenters. The van der Waals surface area contributed by atoms with E-state index in [1.807, 2.05) is 63.2 Å². The van der Waals surface area contributed by atoms with Crippen LogP contribution >= 0.6 is 0 Å². The summed E-state index contributed by atoms with van der Waals surface area (Å²) in [5.74, 6) is -1.74. The summed E-state index contributed by atoms with van der Waals surface area (Å²) in [6, 6.07) is 11.0. The van der Waals surface area contributed by atoms with Gasteiger partial charge in [-0.2, -0.15) is 0 Å². The fourth-order valence-electron chi connectivity index (χ4n) is 4.74. The number of nitrogens with one attached hydrogen (secondary N) is 2. The Bertz CT molecular complexity index is 1200. The number of unbranched alkanes of at least 4 members (excludes halogenated alkanes) is 3. The summed E-state index contributed by atoms with van der Waals surface area (Å²) < 4.78 is 5.36. The van der Waals surface area contributed by atoms with E-state index >= 15 is 0 Å². The minimum absolute atomic E-state index is 0.241. The van der Waals surface area contributed by atoms with Gasteiger partial charge in [-0.05, 0) is 69.7 Å². The molecule has 0 fully saturated rings. The second-order valence-corrected chi connectivity index (χ2v) is 11.7. The van der Waals surface area contributed by atoms with Gasteiger partial charge in [0.15, 0.2) is 0 Å². The number of carbonyl (C=O) groups excluding carboxylic acids is 4. The van der Waals surface area contributed by atoms with Gasteiger partial charge < -0.3 is 26.0 Å². The standard InChI is InChI=1S/C33H48N4O5/c1-8-10-11-12-20-37(31(40)26(21-27(34)38)35-32(41)42-33(5,6)7)29(25-18-16-24(9-2)17-19-25)30(39)36-28-22(3)14-13-15-23(28)4/h13-19,26,29H,8-12,20-21H2,1-7H3,(H2,34,38)(H,35,41)(H,36,39). The highest BCUT2D eigenvalue weighted by molar-refractivity contribution is 6.00. The number of anilines is 1. The second kappa shape index (κ2) is 15.9. The number of alkyl carbamates (subject to hydrolysis) is 1. The third-order valence-electron chi connectivity index (χ3n) is 6.92. The molecule has 0 bridgehead atoms. The molecule has 2 aromatic rings. The van der Waals surface area contributed by atoms with Gasteiger partial charge in [-0.1, -0.05) is 75.6 Å². The van der Waals surface area contributed by atoms with Crippen molar-refractivity contribution in [1.29, 1.82) is 0 Å². The molecule has 0 aliphatic carbocycles. The molecule has 0 aliphatic heterocycles. The van der Waals surface area contributed by atoms with Crippen LogP contribution in [0.3, 0.4) is 0 Å². The lowest BCUT2D eigenvalue weighted by atomic mass is 9.99. The maximum absolute atomic E-state index is 14.2. The molecule has 2 atom stereocenters. The van der Waals surface area contributed by atoms with E-state index in [1.165, 1.54) is 4.90 Å². The van der Waals surface area contributed by atoms with Crippen molar-refractivity contribution in [3.05, 3.63) is 64.7 Å². The van der Waals surface area contributed by atoms with Gasteiger partial charge >= 0.3 is 6.09 Å². The van der Waals surface area contributed by atoms with Crippen LogP contribution in [0.1, 0.15) is 95.0 Å². The molecule has 0 saturated heterocycles. The van der Waals surface area contributed by atoms with Gasteiger partial charge in [0.05, 0.1) is 6.42 Å². The topological polar surface area (TPSA) is 131 Å². The SMILES string of the molecule is CCCCCCN(C(=O)C(CC(N)=O)NC(=O)OC(C)(C)C)C(C(=O)Nc1c(C)cccc1C)c1ccc(CC)cc1. The van der Waals surface area contributed by atoms with E-state index < -0.39 is 47.9 Å². The van der Waals surface area contributed by atoms with Crippen molar-refractivity contribution in [2.45, 2.75) is 105 Å². The van der Waals surface area contributed by atoms with Gasteiger partial charge in [0.1, 0.15) is 17.7 Å². The summed E-state index contributed by atoms with van der Waals surface area (Å²) in [6.07, 6.45) is 2.97. The molecular formula is C33H48N4O5. The Hall–Kier alpha value is -3.88. The van der Waals surface area contributed by atoms with Gasteiger partial charge in [0.2, 0.25) is 11.8 Å². The summed E-state index contributed by atoms with van der Waals surface area (Å²) in [5, 5.41) is 5.59. The van der Waals surface area contributed by atoms with Crippen LogP contribution < -0.4 is 16.4 Å². The first kappa shape index (κ1) is 34.3. The lowest BCUT2D eigenvalue weighted by molar-refractivity contribution is -0.142. The summed E-state index contributed by atoms with van der Waals surface area (Å²) >= 11 is 0. The number of para-hydroxylation sites is 1. The first-order valence-corrected chi connectivity index (χ1v) is 14.8. The van der Waals surface area contributed by atoms with Crippen LogP contribution in [0.15, 0.2) is 42.5 Å². The van der Waals surface area contributed by atoms with E-state index in [0.29, 0.717) is 17.7 Å². The zero-order valence-corrected chi connectivity index (χ0v) is 26.2. The largest absolute Gasteiger partial charge is 0.444 e. The minimum atomic E-state index is -1.31. The quantitative estimate of drug-likeness (QED) is 0.246. The van der Waals surface area contributed by atoms with E-state index in [4.69, 9.17) is 10.5 Å². The van der Waals surface area contributed by atoms with Crippen LogP contribution in [0.25, 0.3) is 0 Å². The van der Waals surface area contributed by atoms with Gasteiger partial charge in [0, 0.05) is 12.2 Å². The number of nitrogens with two attached hydrogens (primary N) is 1. The number of amides is 4. The number of ether oxygens (including phenoxy) is 1. The smallest absolute Gasteiger partial charge is 0.408 e. The predicted octanol–water partition coefficient (Wildman–Crippen LogP) is 5.72. The molecule has 0 aliphatic rings. The molecule has 0 heterocycles. The summed E-state index contributed by atoms with van der Waals surface area (Å²) in [7, 11) is 0. The number of nitrogens with zero attached hydrogens (tertiary/aromatic N) is 1. The van der Waals surface area contributed by atoms with E-state index in [2.05, 4.69) is 17.6 Å². The molecule has 4 amide bonds. The molecule has 230 valence electrons. The predicted molar refractivity (Wildman–Crippen MR) is 166 cm³/mol. The lowest BCUT2D eigenvalue weighted by Crippen LogP contribution is -2.53. The second-order valence-electron chi connectivity index (χ2n) is 11.7. The Kier molecular flexibility index (Phi) is 13.0. The Morgan fingerprint density at radius 1 is 0.929 bits per heavy atom. The lowest BCUT2D eigenvalue weighted by Gasteiger charge is -2.34. The number of hydrogen-bond donors (Lipinski definition) is 3. The van der Waals surface area contributed by atoms with Crippen LogP contribution in [0.4, 0.5) is 10.5 Å². The van der Waals surface area contributed by atoms with Crippen molar-refractivity contribution in [1.82, 2.24) is 10.2 Å². The maximum atomic E-state index is 14.2. The molecular weight excluding hydrogens is 532 g/mol. The third kappa shape index (κ3) is 10.5. The van der Waals surface area contributed by atoms with Crippen molar-refractivity contribution in [2.24, 2.45) is 5.73 Å². The Morgan fingerprint density at radius 3 is 2.07 bits per heavy atom. The van der Waals surface area contributed by atoms with Crippen molar-refractivity contribution in [3.63, 3.8) is 0 Å². The number of carbonyl (C=O) groups is 4. The Labute approximate surface area is 250 Å². The van der Waals surface area contributed by atoms with Crippen molar-refractivity contribution in [2.75, 3.05) is 11.9 Å². The molecule has 0 spiro atoms. The summed E-state index contributed by atoms with van der Waals surface area (Å²) in [5.41, 5.74) is 8.86. The molecule has 0 radical (unpaired) electrons. The molecule has 42 heavy (non-hydrogen) atoms. The number of primary amides is 1. The van der Waals surface area contributed by atoms with E-state index in [-0.39, 0.29) is 6.54 Å². The number of hydrogen-bond acceptors (Lipinski definition) is 5. The normalized spacial score (nSPS) is 12.6. The van der Waals surface area contributed by atoms with Crippen LogP contribution in [0, 0.1) is 13.8 Å². The molecule has 9 heteroatoms. The average Bonchev–Trinajstić information content (AvgIpc) is 2.90. The van der Waals surface area contributed by atoms with Crippen molar-refractivity contribution >= 4 is 29.5 Å². The number of benzene rings is 2. The van der Waals surface area contributed by atoms with Crippen LogP contribution in [-0.2, 0) is 25.5 Å². The first-order valence-electron chi connectivity index (χ1n) is 14.8. The van der Waals surface area contributed by atoms with Gasteiger partial charge in [0.25, 0.3) is 5.91 Å². The monoisotopic (exact) mass is 580 g/mol. The van der Waals surface area contributed by atoms with Crippen LogP contribution in [0.5, 0.6) is 0 Å². The molecule has 2 aromatic carbocycles. The summed E-state index contributed by atoms with van der Waals surface area (Å²) in [4.78, 5) is 54.6. The zero-order valence-electron chi connectivity index (χ0n) is 26.2. The van der Waals surface area contributed by atoms with Crippen molar-refractivity contribution in [3.8, 4) is 0 Å². The molecule has 2 rings (SSSR count).